The maximum absolute atomic E-state index is 14.2. The van der Waals surface area contributed by atoms with Crippen molar-refractivity contribution in [3.05, 3.63) is 33.4 Å². The number of imidazole rings is 2. The first-order chi connectivity index (χ1) is 27.6. The summed E-state index contributed by atoms with van der Waals surface area (Å²) in [5.74, 6) is -0.357. The molecular weight excluding hydrogens is 863 g/mol. The number of nitrogens with one attached hydrogen (secondary N) is 2. The number of hydrogen-bond acceptors (Lipinski definition) is 18. The molecule has 60 heavy (non-hydrogen) atoms. The number of anilines is 2. The van der Waals surface area contributed by atoms with Gasteiger partial charge in [-0.25, -0.2) is 14.5 Å². The van der Waals surface area contributed by atoms with E-state index in [9.17, 15) is 23.9 Å². The van der Waals surface area contributed by atoms with E-state index in [1.807, 2.05) is 67.7 Å². The zero-order chi connectivity index (χ0) is 44.1. The van der Waals surface area contributed by atoms with Crippen molar-refractivity contribution in [2.75, 3.05) is 24.7 Å². The highest BCUT2D eigenvalue weighted by Crippen LogP contribution is 2.55. The third-order valence-corrected chi connectivity index (χ3v) is 22.9. The van der Waals surface area contributed by atoms with Crippen LogP contribution >= 0.6 is 15.4 Å². The topological polar surface area (TPSA) is 311 Å². The molecule has 0 radical (unpaired) electrons. The summed E-state index contributed by atoms with van der Waals surface area (Å²) in [4.78, 5) is 70.8. The third kappa shape index (κ3) is 8.50. The fraction of sp³-hybridized carbons (Fsp3) is 0.667. The minimum Gasteiger partial charge on any atom is -0.407 e. The molecule has 0 amide bonds. The molecular formula is C33H54N10O13P2Si2. The molecule has 8 N–H and O–H groups in total. The maximum atomic E-state index is 14.2. The van der Waals surface area contributed by atoms with Gasteiger partial charge in [0.05, 0.1) is 25.9 Å². The summed E-state index contributed by atoms with van der Waals surface area (Å²) < 4.78 is 68.0. The molecule has 0 bridgehead atoms. The molecule has 3 fully saturated rings. The van der Waals surface area contributed by atoms with Gasteiger partial charge in [0, 0.05) is 0 Å². The summed E-state index contributed by atoms with van der Waals surface area (Å²) in [7, 11) is -14.7. The zero-order valence-electron chi connectivity index (χ0n) is 35.0. The molecule has 27 heteroatoms. The number of aromatic nitrogens is 8. The first kappa shape index (κ1) is 44.9. The second-order valence-electron chi connectivity index (χ2n) is 18.2. The molecule has 3 aliphatic rings. The third-order valence-electron chi connectivity index (χ3n) is 11.9. The largest absolute Gasteiger partial charge is 0.472 e. The van der Waals surface area contributed by atoms with E-state index in [4.69, 9.17) is 47.9 Å². The molecule has 3 saturated heterocycles. The quantitative estimate of drug-likeness (QED) is 0.120. The van der Waals surface area contributed by atoms with E-state index in [0.717, 1.165) is 0 Å². The summed E-state index contributed by atoms with van der Waals surface area (Å²) >= 11 is 0. The SMILES string of the molecule is C=P1(O)OC[C@H]2O[C@@H](n3cnc4c(=O)[nH]c(N)nc43)[C@@H](O[Si](C)(C)C(C)(C)C)C2OP(=O)(O)OC[C@H]2O[C@@H](n3cnc4c(=O)[nH]c(N)nc43)[C@@H](O[Si](C)(C)C(C)(C)C)C2O1. The minimum absolute atomic E-state index is 0.0336. The summed E-state index contributed by atoms with van der Waals surface area (Å²) in [5.41, 5.74) is 10.7. The highest BCUT2D eigenvalue weighted by atomic mass is 31.2. The summed E-state index contributed by atoms with van der Waals surface area (Å²) in [5, 5.41) is -0.719. The Morgan fingerprint density at radius 2 is 1.17 bits per heavy atom. The normalized spacial score (nSPS) is 32.5. The van der Waals surface area contributed by atoms with Gasteiger partial charge in [-0.05, 0) is 42.6 Å². The van der Waals surface area contributed by atoms with Crippen LogP contribution in [0.1, 0.15) is 54.0 Å². The van der Waals surface area contributed by atoms with Crippen LogP contribution in [0, 0.1) is 0 Å². The van der Waals surface area contributed by atoms with E-state index < -0.39 is 105 Å². The fourth-order valence-corrected chi connectivity index (χ4v) is 11.3. The predicted octanol–water partition coefficient (Wildman–Crippen LogP) is 3.10. The van der Waals surface area contributed by atoms with Crippen molar-refractivity contribution in [1.82, 2.24) is 39.0 Å². The van der Waals surface area contributed by atoms with E-state index in [1.165, 1.54) is 21.8 Å². The van der Waals surface area contributed by atoms with Gasteiger partial charge in [0.25, 0.3) is 11.1 Å². The molecule has 0 spiro atoms. The van der Waals surface area contributed by atoms with Crippen molar-refractivity contribution in [2.24, 2.45) is 0 Å². The number of nitrogens with two attached hydrogens (primary N) is 2. The van der Waals surface area contributed by atoms with Crippen molar-refractivity contribution in [2.45, 2.75) is 127 Å². The Bertz CT molecular complexity index is 2330. The lowest BCUT2D eigenvalue weighted by molar-refractivity contribution is -0.0629. The number of ether oxygens (including phenoxy) is 2. The standard InChI is InChI=1S/C33H54N10O13P2Si2/c1-32(2,3)59(8,9)55-22-20-17(52-28(22)42-14-36-18-24(42)38-30(34)40-26(18)44)13-50-58(47,48)54-21-16(12-49-57(7,46)53-20)51-29(23(21)56-60(10,11)33(4,5)6)43-15-37-19-25(43)39-31(35)41-27(19)45/h14-17,20-23,28-29,46H,7,12-13H2,1-6,8-11H3,(H,47,48)(H3,34,38,40,44)(H3,35,39,41,45)/t16-,17-,20?,21?,22+,23+,28-,29-,57?/m1/s1. The minimum atomic E-state index is -5.07. The smallest absolute Gasteiger partial charge is 0.407 e. The zero-order valence-corrected chi connectivity index (χ0v) is 38.8. The van der Waals surface area contributed by atoms with Gasteiger partial charge in [0.1, 0.15) is 36.6 Å². The number of rotatable bonds is 6. The lowest BCUT2D eigenvalue weighted by Crippen LogP contribution is -2.50. The van der Waals surface area contributed by atoms with Crippen LogP contribution in [0.5, 0.6) is 0 Å². The van der Waals surface area contributed by atoms with Crippen LogP contribution < -0.4 is 22.6 Å². The number of nitrogens with zero attached hydrogens (tertiary/aromatic N) is 6. The highest BCUT2D eigenvalue weighted by molar-refractivity contribution is 7.58. The van der Waals surface area contributed by atoms with Crippen molar-refractivity contribution in [1.29, 1.82) is 0 Å². The lowest BCUT2D eigenvalue weighted by atomic mass is 10.1. The number of hydrogen-bond donors (Lipinski definition) is 6. The number of nitrogen functional groups attached to an aromatic ring is 2. The molecule has 4 unspecified atom stereocenters. The Kier molecular flexibility index (Phi) is 11.4. The Labute approximate surface area is 346 Å². The van der Waals surface area contributed by atoms with E-state index in [2.05, 4.69) is 36.2 Å². The van der Waals surface area contributed by atoms with E-state index in [1.54, 1.807) is 0 Å². The summed E-state index contributed by atoms with van der Waals surface area (Å²) in [6.07, 6.45) is -3.13. The molecule has 3 aliphatic heterocycles. The summed E-state index contributed by atoms with van der Waals surface area (Å²) in [6, 6.07) is 0. The van der Waals surface area contributed by atoms with Gasteiger partial charge in [0.2, 0.25) is 19.5 Å². The van der Waals surface area contributed by atoms with Gasteiger partial charge >= 0.3 is 7.82 Å². The number of H-pyrrole nitrogens is 2. The van der Waals surface area contributed by atoms with Crippen LogP contribution in [0.4, 0.5) is 11.9 Å². The van der Waals surface area contributed by atoms with E-state index in [0.29, 0.717) is 0 Å². The fourth-order valence-electron chi connectivity index (χ4n) is 6.69. The van der Waals surface area contributed by atoms with Crippen LogP contribution in [0.15, 0.2) is 22.2 Å². The van der Waals surface area contributed by atoms with Crippen molar-refractivity contribution in [3.8, 4) is 0 Å². The van der Waals surface area contributed by atoms with Crippen LogP contribution in [-0.4, -0.2) is 122 Å². The average molecular weight is 917 g/mol. The number of fused-ring (bicyclic) bond motifs is 4. The first-order valence-corrected chi connectivity index (χ1v) is 28.2. The first-order valence-electron chi connectivity index (χ1n) is 19.1. The second kappa shape index (κ2) is 15.3. The number of phosphoric acid groups is 1. The molecule has 7 heterocycles. The Morgan fingerprint density at radius 3 is 1.58 bits per heavy atom. The number of phosphoric ester groups is 1. The molecule has 7 rings (SSSR count). The van der Waals surface area contributed by atoms with Crippen LogP contribution in [0.25, 0.3) is 22.3 Å². The monoisotopic (exact) mass is 916 g/mol. The summed E-state index contributed by atoms with van der Waals surface area (Å²) in [6.45, 7) is 18.9. The molecule has 10 atom stereocenters. The molecule has 0 aliphatic carbocycles. The van der Waals surface area contributed by atoms with Gasteiger partial charge in [-0.1, -0.05) is 41.5 Å². The van der Waals surface area contributed by atoms with Gasteiger partial charge in [0.15, 0.2) is 51.4 Å². The van der Waals surface area contributed by atoms with Crippen molar-refractivity contribution >= 4 is 72.5 Å². The van der Waals surface area contributed by atoms with Gasteiger partial charge < -0.3 is 48.6 Å². The van der Waals surface area contributed by atoms with Crippen molar-refractivity contribution in [3.63, 3.8) is 0 Å². The molecule has 0 aromatic carbocycles. The van der Waals surface area contributed by atoms with E-state index >= 15 is 0 Å². The predicted molar refractivity (Wildman–Crippen MR) is 225 cm³/mol. The molecule has 4 aromatic rings. The number of aromatic amines is 2. The molecule has 0 saturated carbocycles. The van der Waals surface area contributed by atoms with E-state index in [-0.39, 0.29) is 44.3 Å². The van der Waals surface area contributed by atoms with Crippen LogP contribution in [-0.2, 0) is 41.0 Å². The Balaban J connectivity index is 1.29. The lowest BCUT2D eigenvalue weighted by Gasteiger charge is -2.41. The average Bonchev–Trinajstić information content (AvgIpc) is 3.86. The second-order valence-corrected chi connectivity index (χ2v) is 30.9. The van der Waals surface area contributed by atoms with Gasteiger partial charge in [-0.2, -0.15) is 9.97 Å². The van der Waals surface area contributed by atoms with Gasteiger partial charge in [-0.3, -0.25) is 37.7 Å². The highest BCUT2D eigenvalue weighted by Gasteiger charge is 2.57. The maximum Gasteiger partial charge on any atom is 0.472 e. The Hall–Kier alpha value is -3.14. The molecule has 23 nitrogen and oxygen atoms in total. The Morgan fingerprint density at radius 1 is 0.767 bits per heavy atom. The van der Waals surface area contributed by atoms with Crippen LogP contribution in [0.2, 0.25) is 36.3 Å². The molecule has 332 valence electrons. The van der Waals surface area contributed by atoms with Gasteiger partial charge in [-0.15, -0.1) is 0 Å². The van der Waals surface area contributed by atoms with Crippen LogP contribution in [0.3, 0.4) is 0 Å². The molecule has 4 aromatic heterocycles. The van der Waals surface area contributed by atoms with Crippen molar-refractivity contribution < 1.29 is 50.8 Å².